The summed E-state index contributed by atoms with van der Waals surface area (Å²) in [6.45, 7) is 4.62. The number of piperidine rings is 1. The van der Waals surface area contributed by atoms with Gasteiger partial charge in [-0.15, -0.1) is 0 Å². The van der Waals surface area contributed by atoms with Crippen molar-refractivity contribution in [1.29, 1.82) is 0 Å². The third-order valence-electron chi connectivity index (χ3n) is 6.06. The van der Waals surface area contributed by atoms with E-state index in [4.69, 9.17) is 0 Å². The van der Waals surface area contributed by atoms with E-state index >= 15 is 0 Å². The number of hydrogen-bond donors (Lipinski definition) is 2. The van der Waals surface area contributed by atoms with Crippen LogP contribution in [0.15, 0.2) is 53.3 Å². The van der Waals surface area contributed by atoms with Gasteiger partial charge in [-0.25, -0.2) is 0 Å². The lowest BCUT2D eigenvalue weighted by atomic mass is 9.98. The fourth-order valence-corrected chi connectivity index (χ4v) is 4.19. The second kappa shape index (κ2) is 8.22. The highest BCUT2D eigenvalue weighted by molar-refractivity contribution is 6.08. The summed E-state index contributed by atoms with van der Waals surface area (Å²) in [5.74, 6) is -0.236. The van der Waals surface area contributed by atoms with Crippen molar-refractivity contribution < 1.29 is 9.90 Å². The number of rotatable bonds is 4. The Hall–Kier alpha value is -3.28. The minimum atomic E-state index is -0.582. The van der Waals surface area contributed by atoms with Gasteiger partial charge in [0.2, 0.25) is 0 Å². The Morgan fingerprint density at radius 2 is 1.77 bits per heavy atom. The van der Waals surface area contributed by atoms with Gasteiger partial charge in [-0.2, -0.15) is 0 Å². The maximum absolute atomic E-state index is 13.0. The predicted octanol–water partition coefficient (Wildman–Crippen LogP) is 3.41. The molecule has 0 radical (unpaired) electrons. The lowest BCUT2D eigenvalue weighted by Crippen LogP contribution is -2.34. The third-order valence-corrected chi connectivity index (χ3v) is 6.06. The second-order valence-electron chi connectivity index (χ2n) is 8.09. The molecule has 0 unspecified atom stereocenters. The number of carbonyl (C=O) groups excluding carboxylic acids is 1. The van der Waals surface area contributed by atoms with Crippen molar-refractivity contribution in [3.05, 3.63) is 70.0 Å². The van der Waals surface area contributed by atoms with Crippen LogP contribution < -0.4 is 15.8 Å². The van der Waals surface area contributed by atoms with Gasteiger partial charge < -0.3 is 19.9 Å². The summed E-state index contributed by atoms with van der Waals surface area (Å²) in [6.07, 6.45) is 2.32. The van der Waals surface area contributed by atoms with Gasteiger partial charge in [0.25, 0.3) is 11.5 Å². The second-order valence-corrected chi connectivity index (χ2v) is 8.09. The number of aromatic hydroxyl groups is 1. The van der Waals surface area contributed by atoms with Crippen molar-refractivity contribution in [2.45, 2.75) is 26.3 Å². The van der Waals surface area contributed by atoms with Crippen molar-refractivity contribution in [2.24, 2.45) is 13.0 Å². The molecule has 1 aromatic heterocycles. The number of pyridine rings is 1. The third kappa shape index (κ3) is 3.65. The van der Waals surface area contributed by atoms with Crippen molar-refractivity contribution in [3.63, 3.8) is 0 Å². The quantitative estimate of drug-likeness (QED) is 0.698. The van der Waals surface area contributed by atoms with Crippen LogP contribution >= 0.6 is 0 Å². The molecule has 0 saturated carbocycles. The largest absolute Gasteiger partial charge is 0.502 e. The number of aryl methyl sites for hydroxylation is 1. The highest BCUT2D eigenvalue weighted by atomic mass is 16.3. The molecular weight excluding hydrogens is 378 g/mol. The molecule has 1 aliphatic heterocycles. The summed E-state index contributed by atoms with van der Waals surface area (Å²) in [6, 6.07) is 15.2. The van der Waals surface area contributed by atoms with E-state index in [0.29, 0.717) is 17.4 Å². The molecule has 0 aliphatic carbocycles. The van der Waals surface area contributed by atoms with Crippen molar-refractivity contribution in [3.8, 4) is 5.75 Å². The predicted molar refractivity (Wildman–Crippen MR) is 119 cm³/mol. The van der Waals surface area contributed by atoms with E-state index in [9.17, 15) is 14.7 Å². The first-order valence-electron chi connectivity index (χ1n) is 10.4. The Morgan fingerprint density at radius 3 is 2.53 bits per heavy atom. The molecular formula is C24H27N3O3. The standard InChI is InChI=1S/C24H27N3O3/c1-16-11-13-27(14-12-16)19-9-5-3-7-17(19)15-25-23(29)21-18-8-4-6-10-20(18)26(2)24(30)22(21)28/h3-10,16,28H,11-15H2,1-2H3,(H,25,29). The number of hydrogen-bond acceptors (Lipinski definition) is 4. The molecule has 0 atom stereocenters. The number of carbonyl (C=O) groups is 1. The van der Waals surface area contributed by atoms with Gasteiger partial charge in [-0.05, 0) is 36.5 Å². The van der Waals surface area contributed by atoms with E-state index in [1.165, 1.54) is 4.57 Å². The number of benzene rings is 2. The molecule has 6 nitrogen and oxygen atoms in total. The molecule has 3 aromatic rings. The summed E-state index contributed by atoms with van der Waals surface area (Å²) < 4.78 is 1.36. The van der Waals surface area contributed by atoms with Gasteiger partial charge in [0, 0.05) is 37.8 Å². The monoisotopic (exact) mass is 405 g/mol. The van der Waals surface area contributed by atoms with Gasteiger partial charge in [0.15, 0.2) is 5.75 Å². The van der Waals surface area contributed by atoms with E-state index in [1.54, 1.807) is 31.3 Å². The molecule has 1 fully saturated rings. The Bertz CT molecular complexity index is 1140. The van der Waals surface area contributed by atoms with Gasteiger partial charge in [0.05, 0.1) is 11.1 Å². The first kappa shape index (κ1) is 20.0. The van der Waals surface area contributed by atoms with Crippen molar-refractivity contribution in [1.82, 2.24) is 9.88 Å². The van der Waals surface area contributed by atoms with E-state index in [-0.39, 0.29) is 5.56 Å². The van der Waals surface area contributed by atoms with Crippen molar-refractivity contribution >= 4 is 22.5 Å². The lowest BCUT2D eigenvalue weighted by Gasteiger charge is -2.33. The number of para-hydroxylation sites is 2. The molecule has 1 aliphatic rings. The molecule has 4 rings (SSSR count). The normalized spacial score (nSPS) is 14.8. The zero-order chi connectivity index (χ0) is 21.3. The van der Waals surface area contributed by atoms with E-state index in [2.05, 4.69) is 23.2 Å². The Morgan fingerprint density at radius 1 is 1.10 bits per heavy atom. The van der Waals surface area contributed by atoms with Crippen LogP contribution in [0.3, 0.4) is 0 Å². The maximum Gasteiger partial charge on any atom is 0.293 e. The summed E-state index contributed by atoms with van der Waals surface area (Å²) in [4.78, 5) is 27.8. The van der Waals surface area contributed by atoms with Crippen LogP contribution in [0, 0.1) is 5.92 Å². The Kier molecular flexibility index (Phi) is 5.48. The number of fused-ring (bicyclic) bond motifs is 1. The summed E-state index contributed by atoms with van der Waals surface area (Å²) in [7, 11) is 1.59. The number of nitrogens with zero attached hydrogens (tertiary/aromatic N) is 2. The summed E-state index contributed by atoms with van der Waals surface area (Å²) >= 11 is 0. The zero-order valence-electron chi connectivity index (χ0n) is 17.4. The van der Waals surface area contributed by atoms with Gasteiger partial charge >= 0.3 is 0 Å². The summed E-state index contributed by atoms with van der Waals surface area (Å²) in [5.41, 5.74) is 2.20. The molecule has 1 amide bonds. The minimum absolute atomic E-state index is 0.0259. The molecule has 156 valence electrons. The molecule has 2 aromatic carbocycles. The molecule has 2 heterocycles. The van der Waals surface area contributed by atoms with Crippen LogP contribution in [0.25, 0.3) is 10.9 Å². The Labute approximate surface area is 175 Å². The lowest BCUT2D eigenvalue weighted by molar-refractivity contribution is 0.0949. The fourth-order valence-electron chi connectivity index (χ4n) is 4.19. The highest BCUT2D eigenvalue weighted by Gasteiger charge is 2.22. The molecule has 1 saturated heterocycles. The topological polar surface area (TPSA) is 74.6 Å². The van der Waals surface area contributed by atoms with Gasteiger partial charge in [0.1, 0.15) is 0 Å². The first-order valence-corrected chi connectivity index (χ1v) is 10.4. The van der Waals surface area contributed by atoms with Gasteiger partial charge in [-0.1, -0.05) is 43.3 Å². The van der Waals surface area contributed by atoms with Crippen LogP contribution in [0.1, 0.15) is 35.7 Å². The molecule has 30 heavy (non-hydrogen) atoms. The molecule has 0 bridgehead atoms. The number of nitrogens with one attached hydrogen (secondary N) is 1. The smallest absolute Gasteiger partial charge is 0.293 e. The number of aromatic nitrogens is 1. The Balaban J connectivity index is 1.61. The van der Waals surface area contributed by atoms with Crippen LogP contribution in [-0.4, -0.2) is 28.7 Å². The van der Waals surface area contributed by atoms with Crippen LogP contribution in [0.5, 0.6) is 5.75 Å². The average molecular weight is 405 g/mol. The maximum atomic E-state index is 13.0. The number of anilines is 1. The highest BCUT2D eigenvalue weighted by Crippen LogP contribution is 2.27. The molecule has 6 heteroatoms. The number of amides is 1. The van der Waals surface area contributed by atoms with Crippen molar-refractivity contribution in [2.75, 3.05) is 18.0 Å². The van der Waals surface area contributed by atoms with Crippen LogP contribution in [0.4, 0.5) is 5.69 Å². The van der Waals surface area contributed by atoms with Gasteiger partial charge in [-0.3, -0.25) is 9.59 Å². The van der Waals surface area contributed by atoms with E-state index in [1.807, 2.05) is 18.2 Å². The summed E-state index contributed by atoms with van der Waals surface area (Å²) in [5, 5.41) is 13.9. The fraction of sp³-hybridized carbons (Fsp3) is 0.333. The molecule has 2 N–H and O–H groups in total. The molecule has 0 spiro atoms. The average Bonchev–Trinajstić information content (AvgIpc) is 2.77. The van der Waals surface area contributed by atoms with E-state index in [0.717, 1.165) is 43.1 Å². The zero-order valence-corrected chi connectivity index (χ0v) is 17.4. The van der Waals surface area contributed by atoms with E-state index < -0.39 is 17.2 Å². The first-order chi connectivity index (χ1) is 14.5. The van der Waals surface area contributed by atoms with Crippen LogP contribution in [-0.2, 0) is 13.6 Å². The van der Waals surface area contributed by atoms with Crippen LogP contribution in [0.2, 0.25) is 0 Å². The SMILES string of the molecule is CC1CCN(c2ccccc2CNC(=O)c2c(O)c(=O)n(C)c3ccccc23)CC1. The minimum Gasteiger partial charge on any atom is -0.502 e.